The molecule has 38 heavy (non-hydrogen) atoms. The predicted molar refractivity (Wildman–Crippen MR) is 152 cm³/mol. The van der Waals surface area contributed by atoms with Crippen molar-refractivity contribution in [3.8, 4) is 11.8 Å². The highest BCUT2D eigenvalue weighted by atomic mass is 16.2. The van der Waals surface area contributed by atoms with E-state index in [0.717, 1.165) is 25.7 Å². The number of nitriles is 1. The molecule has 0 fully saturated rings. The van der Waals surface area contributed by atoms with Crippen molar-refractivity contribution >= 4 is 22.6 Å². The molecule has 1 N–H and O–H groups in total. The van der Waals surface area contributed by atoms with Crippen LogP contribution in [0.5, 0.6) is 0 Å². The van der Waals surface area contributed by atoms with Crippen LogP contribution in [0.1, 0.15) is 63.0 Å². The summed E-state index contributed by atoms with van der Waals surface area (Å²) in [6.45, 7) is 6.61. The van der Waals surface area contributed by atoms with E-state index in [4.69, 9.17) is 4.98 Å². The van der Waals surface area contributed by atoms with Gasteiger partial charge in [-0.2, -0.15) is 5.26 Å². The van der Waals surface area contributed by atoms with Crippen LogP contribution in [0.25, 0.3) is 16.6 Å². The Kier molecular flexibility index (Phi) is 8.55. The second kappa shape index (κ2) is 12.2. The maximum absolute atomic E-state index is 13.8. The lowest BCUT2D eigenvalue weighted by atomic mass is 10.1. The molecule has 0 spiro atoms. The minimum atomic E-state index is -0.505. The van der Waals surface area contributed by atoms with Gasteiger partial charge in [0.25, 0.3) is 5.56 Å². The van der Waals surface area contributed by atoms with Crippen LogP contribution in [0, 0.1) is 11.3 Å². The van der Waals surface area contributed by atoms with Gasteiger partial charge in [-0.25, -0.2) is 9.78 Å². The van der Waals surface area contributed by atoms with E-state index in [1.807, 2.05) is 49.4 Å². The maximum atomic E-state index is 13.8. The van der Waals surface area contributed by atoms with Gasteiger partial charge in [0.1, 0.15) is 5.82 Å². The number of anilines is 1. The summed E-state index contributed by atoms with van der Waals surface area (Å²) in [6.07, 6.45) is 3.69. The lowest BCUT2D eigenvalue weighted by molar-refractivity contribution is 0.187. The largest absolute Gasteiger partial charge is 0.322 e. The highest BCUT2D eigenvalue weighted by molar-refractivity contribution is 5.90. The van der Waals surface area contributed by atoms with Crippen molar-refractivity contribution in [2.45, 2.75) is 52.5 Å². The molecular formula is C31H33N5O2. The van der Waals surface area contributed by atoms with Crippen LogP contribution >= 0.6 is 0 Å². The number of hydrogen-bond donors (Lipinski definition) is 1. The van der Waals surface area contributed by atoms with Gasteiger partial charge < -0.3 is 10.2 Å². The molecule has 7 heteroatoms. The third-order valence-electron chi connectivity index (χ3n) is 6.75. The van der Waals surface area contributed by atoms with E-state index in [1.54, 1.807) is 39.8 Å². The number of carbonyl (C=O) groups excluding carboxylic acids is 1. The van der Waals surface area contributed by atoms with Gasteiger partial charge in [-0.05, 0) is 67.8 Å². The normalized spacial score (nSPS) is 11.6. The number of nitrogens with zero attached hydrogens (tertiary/aromatic N) is 4. The van der Waals surface area contributed by atoms with Gasteiger partial charge in [-0.1, -0.05) is 57.0 Å². The number of para-hydroxylation sites is 1. The molecule has 0 radical (unpaired) electrons. The molecule has 4 aromatic rings. The van der Waals surface area contributed by atoms with E-state index < -0.39 is 6.04 Å². The Labute approximate surface area is 223 Å². The molecule has 0 aliphatic rings. The first-order valence-corrected chi connectivity index (χ1v) is 13.2. The van der Waals surface area contributed by atoms with Gasteiger partial charge in [0, 0.05) is 12.2 Å². The van der Waals surface area contributed by atoms with Gasteiger partial charge in [0.15, 0.2) is 0 Å². The van der Waals surface area contributed by atoms with Gasteiger partial charge >= 0.3 is 6.03 Å². The molecule has 2 amide bonds. The molecule has 0 bridgehead atoms. The van der Waals surface area contributed by atoms with E-state index in [2.05, 4.69) is 25.2 Å². The molecular weight excluding hydrogens is 474 g/mol. The highest BCUT2D eigenvalue weighted by Crippen LogP contribution is 2.25. The number of aryl methyl sites for hydroxylation is 1. The predicted octanol–water partition coefficient (Wildman–Crippen LogP) is 6.61. The molecule has 4 rings (SSSR count). The summed E-state index contributed by atoms with van der Waals surface area (Å²) in [4.78, 5) is 34.1. The molecule has 1 aromatic heterocycles. The molecule has 3 aromatic carbocycles. The minimum absolute atomic E-state index is 0.169. The third-order valence-corrected chi connectivity index (χ3v) is 6.75. The average Bonchev–Trinajstić information content (AvgIpc) is 2.95. The maximum Gasteiger partial charge on any atom is 0.322 e. The van der Waals surface area contributed by atoms with Crippen LogP contribution in [-0.4, -0.2) is 27.0 Å². The number of hydrogen-bond acceptors (Lipinski definition) is 4. The second-order valence-corrected chi connectivity index (χ2v) is 9.35. The molecule has 1 atom stereocenters. The zero-order chi connectivity index (χ0) is 27.1. The van der Waals surface area contributed by atoms with Crippen molar-refractivity contribution in [2.75, 3.05) is 11.9 Å². The van der Waals surface area contributed by atoms with Gasteiger partial charge in [-0.3, -0.25) is 9.36 Å². The number of amides is 2. The molecule has 1 unspecified atom stereocenters. The van der Waals surface area contributed by atoms with Crippen molar-refractivity contribution < 1.29 is 4.79 Å². The molecule has 0 saturated carbocycles. The van der Waals surface area contributed by atoms with Gasteiger partial charge in [0.05, 0.1) is 34.3 Å². The van der Waals surface area contributed by atoms with E-state index in [9.17, 15) is 14.9 Å². The van der Waals surface area contributed by atoms with Crippen LogP contribution in [0.2, 0.25) is 0 Å². The number of nitrogens with one attached hydrogen (secondary N) is 1. The van der Waals surface area contributed by atoms with E-state index >= 15 is 0 Å². The molecule has 1 heterocycles. The summed E-state index contributed by atoms with van der Waals surface area (Å²) in [5, 5.41) is 12.7. The SMILES string of the molecule is CCCCCN(C(=O)Nc1cccc(C#N)c1)C(C)c1nc2ccccc2c(=O)n1-c1ccc(CC)cc1. The van der Waals surface area contributed by atoms with E-state index in [0.29, 0.717) is 40.2 Å². The minimum Gasteiger partial charge on any atom is -0.315 e. The number of benzene rings is 3. The second-order valence-electron chi connectivity index (χ2n) is 9.35. The molecule has 0 saturated heterocycles. The summed E-state index contributed by atoms with van der Waals surface area (Å²) in [5.41, 5.74) is 3.32. The Morgan fingerprint density at radius 3 is 2.53 bits per heavy atom. The Balaban J connectivity index is 1.80. The zero-order valence-corrected chi connectivity index (χ0v) is 22.1. The lowest BCUT2D eigenvalue weighted by Gasteiger charge is -2.31. The molecule has 194 valence electrons. The Hall–Kier alpha value is -4.44. The monoisotopic (exact) mass is 507 g/mol. The number of aromatic nitrogens is 2. The molecule has 0 aliphatic carbocycles. The summed E-state index contributed by atoms with van der Waals surface area (Å²) in [7, 11) is 0. The van der Waals surface area contributed by atoms with Crippen LogP contribution in [0.15, 0.2) is 77.6 Å². The quantitative estimate of drug-likeness (QED) is 0.258. The fourth-order valence-electron chi connectivity index (χ4n) is 4.56. The lowest BCUT2D eigenvalue weighted by Crippen LogP contribution is -2.40. The molecule has 0 aliphatic heterocycles. The summed E-state index contributed by atoms with van der Waals surface area (Å²) >= 11 is 0. The number of carbonyl (C=O) groups is 1. The van der Waals surface area contributed by atoms with Crippen LogP contribution < -0.4 is 10.9 Å². The van der Waals surface area contributed by atoms with E-state index in [1.165, 1.54) is 5.56 Å². The van der Waals surface area contributed by atoms with Gasteiger partial charge in [0.2, 0.25) is 0 Å². The molecule has 7 nitrogen and oxygen atoms in total. The van der Waals surface area contributed by atoms with E-state index in [-0.39, 0.29) is 11.6 Å². The summed E-state index contributed by atoms with van der Waals surface area (Å²) in [6, 6.07) is 23.3. The number of fused-ring (bicyclic) bond motifs is 1. The number of urea groups is 1. The third kappa shape index (κ3) is 5.76. The standard InChI is InChI=1S/C31H33N5O2/c1-4-6-9-19-35(31(38)33-25-12-10-11-24(20-25)21-32)22(3)29-34-28-14-8-7-13-27(28)30(37)36(29)26-17-15-23(5-2)16-18-26/h7-8,10-18,20,22H,4-6,9,19H2,1-3H3,(H,33,38). The Morgan fingerprint density at radius 1 is 1.05 bits per heavy atom. The van der Waals surface area contributed by atoms with Crippen molar-refractivity contribution in [2.24, 2.45) is 0 Å². The topological polar surface area (TPSA) is 91.0 Å². The number of unbranched alkanes of at least 4 members (excludes halogenated alkanes) is 2. The van der Waals surface area contributed by atoms with Crippen LogP contribution in [0.3, 0.4) is 0 Å². The average molecular weight is 508 g/mol. The smallest absolute Gasteiger partial charge is 0.315 e. The van der Waals surface area contributed by atoms with Crippen LogP contribution in [-0.2, 0) is 6.42 Å². The number of rotatable bonds is 9. The van der Waals surface area contributed by atoms with Crippen molar-refractivity contribution in [3.63, 3.8) is 0 Å². The van der Waals surface area contributed by atoms with Crippen molar-refractivity contribution in [1.82, 2.24) is 14.5 Å². The van der Waals surface area contributed by atoms with Crippen molar-refractivity contribution in [3.05, 3.63) is 100 Å². The highest BCUT2D eigenvalue weighted by Gasteiger charge is 2.27. The zero-order valence-electron chi connectivity index (χ0n) is 22.1. The van der Waals surface area contributed by atoms with Gasteiger partial charge in [-0.15, -0.1) is 0 Å². The fourth-order valence-corrected chi connectivity index (χ4v) is 4.56. The summed E-state index contributed by atoms with van der Waals surface area (Å²) in [5.74, 6) is 0.496. The Bertz CT molecular complexity index is 1520. The first kappa shape index (κ1) is 26.6. The Morgan fingerprint density at radius 2 is 1.82 bits per heavy atom. The fraction of sp³-hybridized carbons (Fsp3) is 0.290. The first-order chi connectivity index (χ1) is 18.5. The first-order valence-electron chi connectivity index (χ1n) is 13.2. The van der Waals surface area contributed by atoms with Crippen LogP contribution in [0.4, 0.5) is 10.5 Å². The van der Waals surface area contributed by atoms with Crippen molar-refractivity contribution in [1.29, 1.82) is 5.26 Å². The summed E-state index contributed by atoms with van der Waals surface area (Å²) < 4.78 is 1.63.